The lowest BCUT2D eigenvalue weighted by atomic mass is 10.1. The Labute approximate surface area is 157 Å². The number of carbonyl (C=O) groups excluding carboxylic acids is 1. The fourth-order valence-electron chi connectivity index (χ4n) is 3.88. The molecule has 4 rings (SSSR count). The van der Waals surface area contributed by atoms with E-state index in [2.05, 4.69) is 9.88 Å². The molecule has 0 aromatic carbocycles. The molecule has 2 aliphatic rings. The molecule has 1 aliphatic heterocycles. The molecule has 2 aromatic heterocycles. The van der Waals surface area contributed by atoms with Gasteiger partial charge in [-0.2, -0.15) is 0 Å². The summed E-state index contributed by atoms with van der Waals surface area (Å²) in [7, 11) is 1.66. The first kappa shape index (κ1) is 18.0. The van der Waals surface area contributed by atoms with Crippen molar-refractivity contribution in [3.63, 3.8) is 0 Å². The minimum atomic E-state index is -0.586. The molecule has 144 valence electrons. The molecule has 2 fully saturated rings. The maximum absolute atomic E-state index is 13.0. The summed E-state index contributed by atoms with van der Waals surface area (Å²) in [4.78, 5) is 32.1. The van der Waals surface area contributed by atoms with E-state index in [-0.39, 0.29) is 23.6 Å². The number of carbonyl (C=O) groups is 1. The van der Waals surface area contributed by atoms with Crippen molar-refractivity contribution in [3.05, 3.63) is 33.7 Å². The molecule has 0 spiro atoms. The molecule has 2 aromatic rings. The molecule has 1 saturated heterocycles. The van der Waals surface area contributed by atoms with Gasteiger partial charge in [-0.05, 0) is 32.6 Å². The molecule has 0 unspecified atom stereocenters. The molecule has 7 nitrogen and oxygen atoms in total. The average Bonchev–Trinajstić information content (AvgIpc) is 3.36. The van der Waals surface area contributed by atoms with Crippen molar-refractivity contribution in [2.24, 2.45) is 0 Å². The van der Waals surface area contributed by atoms with Crippen LogP contribution < -0.4 is 10.3 Å². The van der Waals surface area contributed by atoms with Crippen LogP contribution in [0.1, 0.15) is 54.6 Å². The first-order valence-electron chi connectivity index (χ1n) is 9.63. The Kier molecular flexibility index (Phi) is 4.86. The summed E-state index contributed by atoms with van der Waals surface area (Å²) >= 11 is 0. The number of esters is 1. The van der Waals surface area contributed by atoms with Crippen LogP contribution in [0.15, 0.2) is 17.2 Å². The van der Waals surface area contributed by atoms with Gasteiger partial charge in [0.1, 0.15) is 11.1 Å². The van der Waals surface area contributed by atoms with E-state index in [1.54, 1.807) is 26.4 Å². The normalized spacial score (nSPS) is 16.9. The van der Waals surface area contributed by atoms with Gasteiger partial charge < -0.3 is 18.9 Å². The van der Waals surface area contributed by atoms with E-state index >= 15 is 0 Å². The van der Waals surface area contributed by atoms with Gasteiger partial charge in [0.2, 0.25) is 5.43 Å². The first-order valence-corrected chi connectivity index (χ1v) is 9.63. The van der Waals surface area contributed by atoms with Crippen LogP contribution >= 0.6 is 0 Å². The summed E-state index contributed by atoms with van der Waals surface area (Å²) in [5.41, 5.74) is 2.80. The number of ether oxygens (including phenoxy) is 2. The summed E-state index contributed by atoms with van der Waals surface area (Å²) < 4.78 is 12.6. The average molecular weight is 371 g/mol. The number of pyridine rings is 2. The predicted molar refractivity (Wildman–Crippen MR) is 102 cm³/mol. The van der Waals surface area contributed by atoms with Gasteiger partial charge >= 0.3 is 5.97 Å². The fraction of sp³-hybridized carbons (Fsp3) is 0.550. The number of rotatable bonds is 6. The minimum absolute atomic E-state index is 0.0565. The fourth-order valence-corrected chi connectivity index (χ4v) is 3.88. The number of hydrogen-bond acceptors (Lipinski definition) is 6. The van der Waals surface area contributed by atoms with Crippen LogP contribution in [0.3, 0.4) is 0 Å². The minimum Gasteiger partial charge on any atom is -0.462 e. The number of aromatic nitrogens is 2. The SMILES string of the molecule is CCOC(=O)c1cn(C2CC2)c2c(COC)c(N3CCCC3)cnc2c1=O. The highest BCUT2D eigenvalue weighted by molar-refractivity contribution is 5.94. The van der Waals surface area contributed by atoms with Crippen LogP contribution in [0, 0.1) is 0 Å². The highest BCUT2D eigenvalue weighted by Gasteiger charge is 2.30. The van der Waals surface area contributed by atoms with Crippen molar-refractivity contribution in [1.29, 1.82) is 0 Å². The summed E-state index contributed by atoms with van der Waals surface area (Å²) in [5, 5.41) is 0. The molecule has 27 heavy (non-hydrogen) atoms. The molecular formula is C20H25N3O4. The Bertz CT molecular complexity index is 927. The molecule has 0 radical (unpaired) electrons. The summed E-state index contributed by atoms with van der Waals surface area (Å²) in [6.45, 7) is 4.33. The van der Waals surface area contributed by atoms with Crippen molar-refractivity contribution >= 4 is 22.7 Å². The third-order valence-electron chi connectivity index (χ3n) is 5.29. The van der Waals surface area contributed by atoms with Crippen LogP contribution in [-0.4, -0.2) is 42.3 Å². The van der Waals surface area contributed by atoms with E-state index in [1.165, 1.54) is 0 Å². The topological polar surface area (TPSA) is 73.7 Å². The Balaban J connectivity index is 1.97. The molecule has 1 aliphatic carbocycles. The molecule has 0 amide bonds. The van der Waals surface area contributed by atoms with Crippen LogP contribution in [0.5, 0.6) is 0 Å². The molecule has 1 saturated carbocycles. The van der Waals surface area contributed by atoms with Gasteiger partial charge in [0.15, 0.2) is 0 Å². The Morgan fingerprint density at radius 1 is 1.30 bits per heavy atom. The summed E-state index contributed by atoms with van der Waals surface area (Å²) in [6.07, 6.45) is 7.79. The van der Waals surface area contributed by atoms with Crippen LogP contribution in [0.4, 0.5) is 5.69 Å². The lowest BCUT2D eigenvalue weighted by Crippen LogP contribution is -2.25. The van der Waals surface area contributed by atoms with Crippen molar-refractivity contribution in [2.75, 3.05) is 31.7 Å². The van der Waals surface area contributed by atoms with Crippen LogP contribution in [0.25, 0.3) is 11.0 Å². The second-order valence-corrected chi connectivity index (χ2v) is 7.18. The van der Waals surface area contributed by atoms with E-state index in [4.69, 9.17) is 9.47 Å². The third-order valence-corrected chi connectivity index (χ3v) is 5.29. The number of anilines is 1. The van der Waals surface area contributed by atoms with Gasteiger partial charge in [-0.25, -0.2) is 9.78 Å². The maximum atomic E-state index is 13.0. The van der Waals surface area contributed by atoms with Gasteiger partial charge in [-0.15, -0.1) is 0 Å². The largest absolute Gasteiger partial charge is 0.462 e. The molecule has 0 N–H and O–H groups in total. The van der Waals surface area contributed by atoms with E-state index < -0.39 is 5.97 Å². The lowest BCUT2D eigenvalue weighted by Gasteiger charge is -2.24. The second-order valence-electron chi connectivity index (χ2n) is 7.18. The number of hydrogen-bond donors (Lipinski definition) is 0. The van der Waals surface area contributed by atoms with E-state index in [0.29, 0.717) is 12.1 Å². The number of nitrogens with zero attached hydrogens (tertiary/aromatic N) is 3. The monoisotopic (exact) mass is 371 g/mol. The standard InChI is InChI=1S/C20H25N3O4/c1-3-27-20(25)14-11-23(13-6-7-13)18-15(12-26-2)16(22-8-4-5-9-22)10-21-17(18)19(14)24/h10-11,13H,3-9,12H2,1-2H3. The van der Waals surface area contributed by atoms with Gasteiger partial charge in [0.25, 0.3) is 0 Å². The van der Waals surface area contributed by atoms with Crippen LogP contribution in [0.2, 0.25) is 0 Å². The van der Waals surface area contributed by atoms with Crippen molar-refractivity contribution in [2.45, 2.75) is 45.3 Å². The number of methoxy groups -OCH3 is 1. The zero-order valence-corrected chi connectivity index (χ0v) is 15.9. The van der Waals surface area contributed by atoms with Crippen molar-refractivity contribution < 1.29 is 14.3 Å². The zero-order valence-electron chi connectivity index (χ0n) is 15.9. The quantitative estimate of drug-likeness (QED) is 0.727. The Hall–Kier alpha value is -2.41. The highest BCUT2D eigenvalue weighted by atomic mass is 16.5. The Morgan fingerprint density at radius 3 is 2.67 bits per heavy atom. The van der Waals surface area contributed by atoms with Gasteiger partial charge in [-0.3, -0.25) is 4.79 Å². The van der Waals surface area contributed by atoms with Gasteiger partial charge in [0.05, 0.1) is 30.6 Å². The molecule has 0 bridgehead atoms. The smallest absolute Gasteiger partial charge is 0.343 e. The zero-order chi connectivity index (χ0) is 19.0. The van der Waals surface area contributed by atoms with Crippen molar-refractivity contribution in [1.82, 2.24) is 9.55 Å². The maximum Gasteiger partial charge on any atom is 0.343 e. The third kappa shape index (κ3) is 3.20. The summed E-state index contributed by atoms with van der Waals surface area (Å²) in [5.74, 6) is -0.586. The van der Waals surface area contributed by atoms with Crippen molar-refractivity contribution in [3.8, 4) is 0 Å². The first-order chi connectivity index (χ1) is 13.2. The predicted octanol–water partition coefficient (Wildman–Crippen LogP) is 2.65. The summed E-state index contributed by atoms with van der Waals surface area (Å²) in [6, 6.07) is 0.285. The Morgan fingerprint density at radius 2 is 2.04 bits per heavy atom. The molecule has 3 heterocycles. The molecular weight excluding hydrogens is 346 g/mol. The molecule has 7 heteroatoms. The van der Waals surface area contributed by atoms with E-state index in [1.807, 2.05) is 4.57 Å². The second kappa shape index (κ2) is 7.31. The van der Waals surface area contributed by atoms with Crippen LogP contribution in [-0.2, 0) is 16.1 Å². The molecule has 0 atom stereocenters. The van der Waals surface area contributed by atoms with E-state index in [9.17, 15) is 9.59 Å². The number of fused-ring (bicyclic) bond motifs is 1. The van der Waals surface area contributed by atoms with Gasteiger partial charge in [0, 0.05) is 38.0 Å². The van der Waals surface area contributed by atoms with Gasteiger partial charge in [-0.1, -0.05) is 0 Å². The lowest BCUT2D eigenvalue weighted by molar-refractivity contribution is 0.0524. The highest BCUT2D eigenvalue weighted by Crippen LogP contribution is 2.39. The van der Waals surface area contributed by atoms with E-state index in [0.717, 1.165) is 55.5 Å².